The molecule has 2 fully saturated rings. The second kappa shape index (κ2) is 8.49. The molecule has 2 saturated heterocycles. The number of nitrogens with one attached hydrogen (secondary N) is 1. The third kappa shape index (κ3) is 4.17. The summed E-state index contributed by atoms with van der Waals surface area (Å²) in [6.45, 7) is 3.55. The van der Waals surface area contributed by atoms with Crippen LogP contribution in [0, 0.1) is 5.92 Å². The van der Waals surface area contributed by atoms with Gasteiger partial charge in [0, 0.05) is 49.2 Å². The second-order valence-electron chi connectivity index (χ2n) is 8.32. The summed E-state index contributed by atoms with van der Waals surface area (Å²) in [6.07, 6.45) is 3.96. The number of hydrogen-bond acceptors (Lipinski definition) is 5. The van der Waals surface area contributed by atoms with Gasteiger partial charge in [0.15, 0.2) is 11.5 Å². The first-order valence-electron chi connectivity index (χ1n) is 11.0. The van der Waals surface area contributed by atoms with Crippen LogP contribution in [0.15, 0.2) is 42.5 Å². The molecule has 7 nitrogen and oxygen atoms in total. The normalized spacial score (nSPS) is 20.6. The van der Waals surface area contributed by atoms with Gasteiger partial charge in [-0.2, -0.15) is 0 Å². The van der Waals surface area contributed by atoms with Crippen molar-refractivity contribution in [3.8, 4) is 11.5 Å². The molecule has 31 heavy (non-hydrogen) atoms. The Bertz CT molecular complexity index is 969. The van der Waals surface area contributed by atoms with Crippen LogP contribution >= 0.6 is 0 Å². The lowest BCUT2D eigenvalue weighted by Crippen LogP contribution is -2.29. The molecular formula is C24H27N3O4. The fourth-order valence-corrected chi connectivity index (χ4v) is 4.48. The number of ether oxygens (including phenoxy) is 2. The molecule has 1 atom stereocenters. The molecule has 0 unspecified atom stereocenters. The zero-order valence-corrected chi connectivity index (χ0v) is 17.5. The van der Waals surface area contributed by atoms with Crippen LogP contribution in [-0.4, -0.2) is 44.7 Å². The highest BCUT2D eigenvalue weighted by Gasteiger charge is 2.35. The number of amides is 2. The van der Waals surface area contributed by atoms with E-state index >= 15 is 0 Å². The van der Waals surface area contributed by atoms with Crippen molar-refractivity contribution in [2.75, 3.05) is 48.0 Å². The van der Waals surface area contributed by atoms with Gasteiger partial charge in [0.1, 0.15) is 13.2 Å². The Morgan fingerprint density at radius 3 is 2.39 bits per heavy atom. The minimum atomic E-state index is -0.387. The van der Waals surface area contributed by atoms with E-state index in [1.54, 1.807) is 4.90 Å². The Balaban J connectivity index is 1.22. The van der Waals surface area contributed by atoms with Gasteiger partial charge < -0.3 is 24.6 Å². The number of carbonyl (C=O) groups excluding carboxylic acids is 2. The van der Waals surface area contributed by atoms with Crippen molar-refractivity contribution in [1.82, 2.24) is 0 Å². The van der Waals surface area contributed by atoms with Crippen molar-refractivity contribution in [2.45, 2.75) is 25.7 Å². The maximum absolute atomic E-state index is 12.8. The lowest BCUT2D eigenvalue weighted by molar-refractivity contribution is -0.122. The van der Waals surface area contributed by atoms with Gasteiger partial charge in [-0.05, 0) is 55.7 Å². The summed E-state index contributed by atoms with van der Waals surface area (Å²) in [5, 5.41) is 2.98. The van der Waals surface area contributed by atoms with Crippen LogP contribution in [0.1, 0.15) is 25.7 Å². The minimum Gasteiger partial charge on any atom is -0.486 e. The molecule has 2 amide bonds. The molecule has 0 bridgehead atoms. The third-order valence-corrected chi connectivity index (χ3v) is 6.19. The minimum absolute atomic E-state index is 0.0581. The number of fused-ring (bicyclic) bond motifs is 1. The summed E-state index contributed by atoms with van der Waals surface area (Å²) < 4.78 is 11.2. The molecular weight excluding hydrogens is 394 g/mol. The predicted molar refractivity (Wildman–Crippen MR) is 119 cm³/mol. The van der Waals surface area contributed by atoms with Crippen LogP contribution in [-0.2, 0) is 9.59 Å². The summed E-state index contributed by atoms with van der Waals surface area (Å²) in [5.41, 5.74) is 2.69. The highest BCUT2D eigenvalue weighted by Crippen LogP contribution is 2.36. The van der Waals surface area contributed by atoms with Gasteiger partial charge in [-0.25, -0.2) is 0 Å². The van der Waals surface area contributed by atoms with Crippen molar-refractivity contribution in [3.05, 3.63) is 42.5 Å². The average Bonchev–Trinajstić information content (AvgIpc) is 3.21. The van der Waals surface area contributed by atoms with Crippen LogP contribution < -0.4 is 24.6 Å². The van der Waals surface area contributed by atoms with Crippen LogP contribution in [0.25, 0.3) is 0 Å². The van der Waals surface area contributed by atoms with Crippen LogP contribution in [0.5, 0.6) is 11.5 Å². The Morgan fingerprint density at radius 2 is 1.61 bits per heavy atom. The van der Waals surface area contributed by atoms with Crippen LogP contribution in [0.3, 0.4) is 0 Å². The topological polar surface area (TPSA) is 71.1 Å². The van der Waals surface area contributed by atoms with Crippen molar-refractivity contribution in [3.63, 3.8) is 0 Å². The van der Waals surface area contributed by atoms with E-state index in [-0.39, 0.29) is 24.2 Å². The van der Waals surface area contributed by atoms with E-state index in [9.17, 15) is 9.59 Å². The van der Waals surface area contributed by atoms with E-state index < -0.39 is 0 Å². The number of piperidine rings is 1. The Hall–Kier alpha value is -3.22. The Morgan fingerprint density at radius 1 is 0.903 bits per heavy atom. The van der Waals surface area contributed by atoms with Gasteiger partial charge in [-0.1, -0.05) is 0 Å². The quantitative estimate of drug-likeness (QED) is 0.819. The van der Waals surface area contributed by atoms with Gasteiger partial charge in [-0.3, -0.25) is 9.59 Å². The molecule has 7 heteroatoms. The summed E-state index contributed by atoms with van der Waals surface area (Å²) >= 11 is 0. The maximum Gasteiger partial charge on any atom is 0.229 e. The lowest BCUT2D eigenvalue weighted by Gasteiger charge is -2.28. The highest BCUT2D eigenvalue weighted by atomic mass is 16.6. The molecule has 0 saturated carbocycles. The number of hydrogen-bond donors (Lipinski definition) is 1. The number of rotatable bonds is 4. The first-order chi connectivity index (χ1) is 15.2. The molecule has 3 heterocycles. The summed E-state index contributed by atoms with van der Waals surface area (Å²) in [6, 6.07) is 13.5. The number of nitrogens with zero attached hydrogens (tertiary/aromatic N) is 2. The molecule has 3 aliphatic heterocycles. The monoisotopic (exact) mass is 421 g/mol. The molecule has 0 radical (unpaired) electrons. The molecule has 2 aromatic rings. The molecule has 0 spiro atoms. The second-order valence-corrected chi connectivity index (χ2v) is 8.32. The number of carbonyl (C=O) groups is 2. The molecule has 162 valence electrons. The van der Waals surface area contributed by atoms with Crippen molar-refractivity contribution < 1.29 is 19.1 Å². The van der Waals surface area contributed by atoms with E-state index in [0.29, 0.717) is 31.3 Å². The van der Waals surface area contributed by atoms with Gasteiger partial charge in [0.05, 0.1) is 5.92 Å². The summed E-state index contributed by atoms with van der Waals surface area (Å²) in [5.74, 6) is 0.751. The van der Waals surface area contributed by atoms with Crippen molar-refractivity contribution in [2.24, 2.45) is 5.92 Å². The molecule has 0 aliphatic carbocycles. The number of anilines is 3. The Kier molecular flexibility index (Phi) is 5.40. The SMILES string of the molecule is O=C(Nc1ccc(N2CCCCC2)cc1)[C@@H]1CC(=O)N(c2ccc3c(c2)OCCO3)C1. The van der Waals surface area contributed by atoms with E-state index in [1.807, 2.05) is 30.3 Å². The standard InChI is InChI=1S/C24H27N3O4/c28-23-14-17(16-27(23)20-8-9-21-22(15-20)31-13-12-30-21)24(29)25-18-4-6-19(7-5-18)26-10-2-1-3-11-26/h4-9,15,17H,1-3,10-14,16H2,(H,25,29)/t17-/m1/s1. The van der Waals surface area contributed by atoms with Crippen molar-refractivity contribution in [1.29, 1.82) is 0 Å². The van der Waals surface area contributed by atoms with E-state index in [0.717, 1.165) is 24.5 Å². The molecule has 2 aromatic carbocycles. The van der Waals surface area contributed by atoms with Crippen LogP contribution in [0.4, 0.5) is 17.1 Å². The van der Waals surface area contributed by atoms with E-state index in [1.165, 1.54) is 24.9 Å². The smallest absolute Gasteiger partial charge is 0.229 e. The number of benzene rings is 2. The fourth-order valence-electron chi connectivity index (χ4n) is 4.48. The Labute approximate surface area is 181 Å². The average molecular weight is 421 g/mol. The first-order valence-corrected chi connectivity index (χ1v) is 11.0. The first kappa shape index (κ1) is 19.7. The lowest BCUT2D eigenvalue weighted by atomic mass is 10.1. The van der Waals surface area contributed by atoms with Gasteiger partial charge in [0.2, 0.25) is 11.8 Å². The zero-order valence-electron chi connectivity index (χ0n) is 17.5. The summed E-state index contributed by atoms with van der Waals surface area (Å²) in [4.78, 5) is 29.4. The van der Waals surface area contributed by atoms with E-state index in [4.69, 9.17) is 9.47 Å². The van der Waals surface area contributed by atoms with Crippen molar-refractivity contribution >= 4 is 28.9 Å². The molecule has 1 N–H and O–H groups in total. The molecule has 3 aliphatic rings. The maximum atomic E-state index is 12.8. The highest BCUT2D eigenvalue weighted by molar-refractivity contribution is 6.03. The fraction of sp³-hybridized carbons (Fsp3) is 0.417. The molecule has 5 rings (SSSR count). The van der Waals surface area contributed by atoms with Crippen LogP contribution in [0.2, 0.25) is 0 Å². The zero-order chi connectivity index (χ0) is 21.2. The predicted octanol–water partition coefficient (Wildman–Crippen LogP) is 3.44. The summed E-state index contributed by atoms with van der Waals surface area (Å²) in [7, 11) is 0. The molecule has 0 aromatic heterocycles. The van der Waals surface area contributed by atoms with Gasteiger partial charge in [-0.15, -0.1) is 0 Å². The van der Waals surface area contributed by atoms with Gasteiger partial charge >= 0.3 is 0 Å². The van der Waals surface area contributed by atoms with Gasteiger partial charge in [0.25, 0.3) is 0 Å². The third-order valence-electron chi connectivity index (χ3n) is 6.19. The largest absolute Gasteiger partial charge is 0.486 e. The van der Waals surface area contributed by atoms with E-state index in [2.05, 4.69) is 22.3 Å².